The highest BCUT2D eigenvalue weighted by Gasteiger charge is 2.19. The maximum Gasteiger partial charge on any atom is 0.273 e. The zero-order valence-corrected chi connectivity index (χ0v) is 10.8. The predicted octanol–water partition coefficient (Wildman–Crippen LogP) is 0.640. The van der Waals surface area contributed by atoms with Crippen molar-refractivity contribution >= 4 is 11.6 Å². The van der Waals surface area contributed by atoms with Crippen LogP contribution in [0.1, 0.15) is 15.9 Å². The number of amides is 1. The van der Waals surface area contributed by atoms with E-state index < -0.39 is 16.9 Å². The lowest BCUT2D eigenvalue weighted by atomic mass is 10.1. The van der Waals surface area contributed by atoms with E-state index in [-0.39, 0.29) is 24.5 Å². The molecule has 104 valence electrons. The van der Waals surface area contributed by atoms with Gasteiger partial charge in [-0.3, -0.25) is 14.9 Å². The van der Waals surface area contributed by atoms with E-state index in [0.717, 1.165) is 0 Å². The van der Waals surface area contributed by atoms with E-state index in [1.807, 2.05) is 0 Å². The van der Waals surface area contributed by atoms with E-state index in [2.05, 4.69) is 5.32 Å². The minimum atomic E-state index is -0.545. The molecule has 7 nitrogen and oxygen atoms in total. The molecular formula is C12H16N2O5. The highest BCUT2D eigenvalue weighted by atomic mass is 16.6. The van der Waals surface area contributed by atoms with Crippen molar-refractivity contribution in [2.45, 2.75) is 13.0 Å². The number of nitrogens with one attached hydrogen (secondary N) is 1. The summed E-state index contributed by atoms with van der Waals surface area (Å²) in [6, 6.07) is 3.74. The summed E-state index contributed by atoms with van der Waals surface area (Å²) in [6.07, 6.45) is 0. The largest absolute Gasteiger partial charge is 0.394 e. The molecule has 1 aromatic carbocycles. The summed E-state index contributed by atoms with van der Waals surface area (Å²) in [5, 5.41) is 22.4. The first-order valence-electron chi connectivity index (χ1n) is 5.66. The molecular weight excluding hydrogens is 252 g/mol. The van der Waals surface area contributed by atoms with Crippen molar-refractivity contribution in [3.8, 4) is 0 Å². The molecule has 1 rings (SSSR count). The van der Waals surface area contributed by atoms with E-state index in [1.165, 1.54) is 32.2 Å². The molecule has 0 saturated carbocycles. The minimum Gasteiger partial charge on any atom is -0.394 e. The predicted molar refractivity (Wildman–Crippen MR) is 68.0 cm³/mol. The van der Waals surface area contributed by atoms with Gasteiger partial charge in [0.1, 0.15) is 0 Å². The van der Waals surface area contributed by atoms with Gasteiger partial charge >= 0.3 is 0 Å². The van der Waals surface area contributed by atoms with Gasteiger partial charge in [0, 0.05) is 24.3 Å². The van der Waals surface area contributed by atoms with Crippen LogP contribution >= 0.6 is 0 Å². The molecule has 1 aromatic rings. The van der Waals surface area contributed by atoms with Gasteiger partial charge in [-0.25, -0.2) is 0 Å². The number of aliphatic hydroxyl groups is 1. The Morgan fingerprint density at radius 1 is 1.58 bits per heavy atom. The van der Waals surface area contributed by atoms with Crippen molar-refractivity contribution in [1.29, 1.82) is 0 Å². The first kappa shape index (κ1) is 15.1. The maximum absolute atomic E-state index is 12.0. The molecule has 7 heteroatoms. The second-order valence-corrected chi connectivity index (χ2v) is 4.02. The van der Waals surface area contributed by atoms with Crippen LogP contribution in [-0.2, 0) is 4.74 Å². The lowest BCUT2D eigenvalue weighted by Crippen LogP contribution is -2.40. The minimum absolute atomic E-state index is 0.111. The monoisotopic (exact) mass is 268 g/mol. The highest BCUT2D eigenvalue weighted by Crippen LogP contribution is 2.20. The fraction of sp³-hybridized carbons (Fsp3) is 0.417. The van der Waals surface area contributed by atoms with Crippen LogP contribution < -0.4 is 5.32 Å². The van der Waals surface area contributed by atoms with Crippen molar-refractivity contribution in [3.05, 3.63) is 39.4 Å². The quantitative estimate of drug-likeness (QED) is 0.582. The number of carbonyl (C=O) groups excluding carboxylic acids is 1. The number of ether oxygens (including phenoxy) is 1. The number of hydrogen-bond acceptors (Lipinski definition) is 5. The van der Waals surface area contributed by atoms with Crippen molar-refractivity contribution in [2.75, 3.05) is 20.3 Å². The summed E-state index contributed by atoms with van der Waals surface area (Å²) in [5.74, 6) is -0.475. The van der Waals surface area contributed by atoms with Gasteiger partial charge in [0.2, 0.25) is 0 Å². The average Bonchev–Trinajstić information content (AvgIpc) is 2.37. The number of nitro benzene ring substituents is 1. The fourth-order valence-corrected chi connectivity index (χ4v) is 1.67. The summed E-state index contributed by atoms with van der Waals surface area (Å²) >= 11 is 0. The van der Waals surface area contributed by atoms with Crippen LogP contribution in [0.25, 0.3) is 0 Å². The molecule has 0 aromatic heterocycles. The van der Waals surface area contributed by atoms with Gasteiger partial charge < -0.3 is 15.2 Å². The zero-order chi connectivity index (χ0) is 14.4. The van der Waals surface area contributed by atoms with Gasteiger partial charge in [-0.05, 0) is 13.0 Å². The van der Waals surface area contributed by atoms with E-state index in [1.54, 1.807) is 0 Å². The number of rotatable bonds is 6. The fourth-order valence-electron chi connectivity index (χ4n) is 1.67. The van der Waals surface area contributed by atoms with Crippen LogP contribution in [0.2, 0.25) is 0 Å². The summed E-state index contributed by atoms with van der Waals surface area (Å²) < 4.78 is 4.84. The number of nitro groups is 1. The van der Waals surface area contributed by atoms with Crippen molar-refractivity contribution < 1.29 is 19.6 Å². The van der Waals surface area contributed by atoms with Gasteiger partial charge in [0.15, 0.2) is 0 Å². The SMILES string of the molecule is COCC(CO)NC(=O)c1cccc([N+](=O)[O-])c1C. The third kappa shape index (κ3) is 3.73. The molecule has 0 spiro atoms. The number of nitrogens with zero attached hydrogens (tertiary/aromatic N) is 1. The first-order chi connectivity index (χ1) is 9.01. The zero-order valence-electron chi connectivity index (χ0n) is 10.8. The van der Waals surface area contributed by atoms with Crippen molar-refractivity contribution in [1.82, 2.24) is 5.32 Å². The molecule has 1 amide bonds. The normalized spacial score (nSPS) is 11.9. The molecule has 0 saturated heterocycles. The summed E-state index contributed by atoms with van der Waals surface area (Å²) in [4.78, 5) is 22.2. The Bertz CT molecular complexity index is 475. The third-order valence-electron chi connectivity index (χ3n) is 2.67. The second-order valence-electron chi connectivity index (χ2n) is 4.02. The van der Waals surface area contributed by atoms with E-state index >= 15 is 0 Å². The van der Waals surface area contributed by atoms with E-state index in [0.29, 0.717) is 5.56 Å². The molecule has 0 aliphatic heterocycles. The average molecular weight is 268 g/mol. The molecule has 1 unspecified atom stereocenters. The molecule has 0 fully saturated rings. The summed E-state index contributed by atoms with van der Waals surface area (Å²) in [6.45, 7) is 1.40. The first-order valence-corrected chi connectivity index (χ1v) is 5.66. The smallest absolute Gasteiger partial charge is 0.273 e. The Kier molecular flexibility index (Phi) is 5.40. The topological polar surface area (TPSA) is 102 Å². The van der Waals surface area contributed by atoms with Crippen LogP contribution in [0.3, 0.4) is 0 Å². The van der Waals surface area contributed by atoms with Gasteiger partial charge in [0.25, 0.3) is 11.6 Å². The van der Waals surface area contributed by atoms with Gasteiger partial charge in [-0.2, -0.15) is 0 Å². The van der Waals surface area contributed by atoms with E-state index in [4.69, 9.17) is 9.84 Å². The number of methoxy groups -OCH3 is 1. The maximum atomic E-state index is 12.0. The number of carbonyl (C=O) groups is 1. The molecule has 2 N–H and O–H groups in total. The molecule has 1 atom stereocenters. The van der Waals surface area contributed by atoms with E-state index in [9.17, 15) is 14.9 Å². The molecule has 0 aliphatic carbocycles. The number of aliphatic hydroxyl groups excluding tert-OH is 1. The second kappa shape index (κ2) is 6.81. The lowest BCUT2D eigenvalue weighted by molar-refractivity contribution is -0.385. The Balaban J connectivity index is 2.94. The lowest BCUT2D eigenvalue weighted by Gasteiger charge is -2.16. The Morgan fingerprint density at radius 3 is 2.79 bits per heavy atom. The number of benzene rings is 1. The molecule has 19 heavy (non-hydrogen) atoms. The molecule has 0 aliphatic rings. The highest BCUT2D eigenvalue weighted by molar-refractivity contribution is 5.96. The van der Waals surface area contributed by atoms with Gasteiger partial charge in [0.05, 0.1) is 24.2 Å². The van der Waals surface area contributed by atoms with Gasteiger partial charge in [-0.1, -0.05) is 6.07 Å². The van der Waals surface area contributed by atoms with Crippen LogP contribution in [0.5, 0.6) is 0 Å². The standard InChI is InChI=1S/C12H16N2O5/c1-8-10(4-3-5-11(8)14(17)18)12(16)13-9(6-15)7-19-2/h3-5,9,15H,6-7H2,1-2H3,(H,13,16). The van der Waals surface area contributed by atoms with Crippen LogP contribution in [-0.4, -0.2) is 42.3 Å². The molecule has 0 heterocycles. The molecule has 0 radical (unpaired) electrons. The van der Waals surface area contributed by atoms with Crippen molar-refractivity contribution in [3.63, 3.8) is 0 Å². The van der Waals surface area contributed by atoms with Crippen molar-refractivity contribution in [2.24, 2.45) is 0 Å². The summed E-state index contributed by atoms with van der Waals surface area (Å²) in [5.41, 5.74) is 0.391. The molecule has 0 bridgehead atoms. The third-order valence-corrected chi connectivity index (χ3v) is 2.67. The van der Waals surface area contributed by atoms with Gasteiger partial charge in [-0.15, -0.1) is 0 Å². The Hall–Kier alpha value is -1.99. The summed E-state index contributed by atoms with van der Waals surface area (Å²) in [7, 11) is 1.45. The Morgan fingerprint density at radius 2 is 2.26 bits per heavy atom. The van der Waals surface area contributed by atoms with Crippen LogP contribution in [0.4, 0.5) is 5.69 Å². The number of hydrogen-bond donors (Lipinski definition) is 2. The van der Waals surface area contributed by atoms with Crippen LogP contribution in [0.15, 0.2) is 18.2 Å². The van der Waals surface area contributed by atoms with Crippen LogP contribution in [0, 0.1) is 17.0 Å². The Labute approximate surface area is 110 Å².